The highest BCUT2D eigenvalue weighted by atomic mass is 35.5. The number of hydrogen-bond donors (Lipinski definition) is 1. The predicted octanol–water partition coefficient (Wildman–Crippen LogP) is 4.46. The molecule has 1 amide bonds. The molecule has 0 aliphatic carbocycles. The first-order valence-corrected chi connectivity index (χ1v) is 9.05. The van der Waals surface area contributed by atoms with Crippen molar-refractivity contribution in [3.8, 4) is 0 Å². The number of carbonyl (C=O) groups excluding carboxylic acids is 2. The van der Waals surface area contributed by atoms with Crippen LogP contribution in [0.5, 0.6) is 0 Å². The normalized spacial score (nSPS) is 11.6. The predicted molar refractivity (Wildman–Crippen MR) is 98.3 cm³/mol. The first kappa shape index (κ1) is 19.3. The molecule has 0 heterocycles. The van der Waals surface area contributed by atoms with Gasteiger partial charge in [-0.15, -0.1) is 11.8 Å². The van der Waals surface area contributed by atoms with Crippen molar-refractivity contribution < 1.29 is 18.7 Å². The van der Waals surface area contributed by atoms with E-state index in [1.54, 1.807) is 43.3 Å². The van der Waals surface area contributed by atoms with Crippen molar-refractivity contribution in [3.63, 3.8) is 0 Å². The third kappa shape index (κ3) is 6.76. The lowest BCUT2D eigenvalue weighted by atomic mass is 10.1. The molecule has 4 nitrogen and oxygen atoms in total. The Morgan fingerprint density at radius 2 is 1.76 bits per heavy atom. The van der Waals surface area contributed by atoms with Gasteiger partial charge in [-0.05, 0) is 48.9 Å². The highest BCUT2D eigenvalue weighted by molar-refractivity contribution is 8.00. The molecule has 2 rings (SSSR count). The van der Waals surface area contributed by atoms with Crippen LogP contribution in [0.3, 0.4) is 0 Å². The number of ether oxygens (including phenoxy) is 1. The van der Waals surface area contributed by atoms with Gasteiger partial charge in [0.25, 0.3) is 0 Å². The van der Waals surface area contributed by atoms with Crippen LogP contribution in [0.15, 0.2) is 48.5 Å². The van der Waals surface area contributed by atoms with E-state index in [9.17, 15) is 14.0 Å². The highest BCUT2D eigenvalue weighted by Crippen LogP contribution is 2.18. The molecule has 0 unspecified atom stereocenters. The fraction of sp³-hybridized carbons (Fsp3) is 0.222. The molecule has 1 atom stereocenters. The van der Waals surface area contributed by atoms with Gasteiger partial charge < -0.3 is 10.1 Å². The van der Waals surface area contributed by atoms with E-state index in [-0.39, 0.29) is 23.2 Å². The monoisotopic (exact) mass is 381 g/mol. The third-order valence-electron chi connectivity index (χ3n) is 3.23. The standard InChI is InChI=1S/C18H17ClFNO3S/c1-12(13-2-6-15(20)7-3-13)24-18(23)11-25-10-17(22)21-16-8-4-14(19)5-9-16/h2-9,12H,10-11H2,1H3,(H,21,22)/t12-/m0/s1. The minimum absolute atomic E-state index is 0.0551. The number of halogens is 2. The molecule has 2 aromatic carbocycles. The van der Waals surface area contributed by atoms with Crippen molar-refractivity contribution in [2.24, 2.45) is 0 Å². The zero-order valence-electron chi connectivity index (χ0n) is 13.5. The van der Waals surface area contributed by atoms with Gasteiger partial charge in [0.2, 0.25) is 5.91 Å². The Kier molecular flexibility index (Phi) is 7.28. The number of anilines is 1. The first-order chi connectivity index (χ1) is 11.9. The summed E-state index contributed by atoms with van der Waals surface area (Å²) in [6, 6.07) is 12.5. The van der Waals surface area contributed by atoms with Gasteiger partial charge >= 0.3 is 5.97 Å². The number of amides is 1. The zero-order valence-corrected chi connectivity index (χ0v) is 15.1. The maximum Gasteiger partial charge on any atom is 0.316 e. The number of esters is 1. The number of nitrogens with one attached hydrogen (secondary N) is 1. The van der Waals surface area contributed by atoms with Crippen LogP contribution in [-0.4, -0.2) is 23.4 Å². The molecule has 0 saturated carbocycles. The molecule has 0 aliphatic rings. The molecular formula is C18H17ClFNO3S. The van der Waals surface area contributed by atoms with E-state index < -0.39 is 12.1 Å². The highest BCUT2D eigenvalue weighted by Gasteiger charge is 2.13. The van der Waals surface area contributed by atoms with Gasteiger partial charge in [-0.3, -0.25) is 9.59 Å². The molecule has 0 bridgehead atoms. The van der Waals surface area contributed by atoms with Crippen molar-refractivity contribution >= 4 is 40.9 Å². The summed E-state index contributed by atoms with van der Waals surface area (Å²) >= 11 is 6.93. The second-order valence-electron chi connectivity index (χ2n) is 5.23. The van der Waals surface area contributed by atoms with E-state index >= 15 is 0 Å². The number of rotatable bonds is 7. The van der Waals surface area contributed by atoms with Crippen LogP contribution >= 0.6 is 23.4 Å². The number of carbonyl (C=O) groups is 2. The SMILES string of the molecule is C[C@H](OC(=O)CSCC(=O)Nc1ccc(Cl)cc1)c1ccc(F)cc1. The summed E-state index contributed by atoms with van der Waals surface area (Å²) in [6.45, 7) is 1.71. The smallest absolute Gasteiger partial charge is 0.316 e. The van der Waals surface area contributed by atoms with Gasteiger partial charge in [0.15, 0.2) is 0 Å². The van der Waals surface area contributed by atoms with Crippen LogP contribution in [0, 0.1) is 5.82 Å². The van der Waals surface area contributed by atoms with Gasteiger partial charge in [-0.25, -0.2) is 4.39 Å². The minimum atomic E-state index is -0.475. The maximum absolute atomic E-state index is 12.9. The Bertz CT molecular complexity index is 722. The summed E-state index contributed by atoms with van der Waals surface area (Å²) in [5, 5.41) is 3.30. The van der Waals surface area contributed by atoms with E-state index in [0.717, 1.165) is 11.8 Å². The average Bonchev–Trinajstić information content (AvgIpc) is 2.57. The summed E-state index contributed by atoms with van der Waals surface area (Å²) < 4.78 is 18.1. The molecule has 0 fully saturated rings. The maximum atomic E-state index is 12.9. The fourth-order valence-corrected chi connectivity index (χ4v) is 2.71. The van der Waals surface area contributed by atoms with Gasteiger partial charge in [-0.2, -0.15) is 0 Å². The topological polar surface area (TPSA) is 55.4 Å². The molecule has 132 valence electrons. The van der Waals surface area contributed by atoms with Crippen molar-refractivity contribution in [2.75, 3.05) is 16.8 Å². The minimum Gasteiger partial charge on any atom is -0.457 e. The van der Waals surface area contributed by atoms with Crippen molar-refractivity contribution in [1.29, 1.82) is 0 Å². The third-order valence-corrected chi connectivity index (χ3v) is 4.39. The van der Waals surface area contributed by atoms with Crippen LogP contribution in [0.2, 0.25) is 5.02 Å². The molecule has 1 N–H and O–H groups in total. The van der Waals surface area contributed by atoms with E-state index in [1.165, 1.54) is 12.1 Å². The largest absolute Gasteiger partial charge is 0.457 e. The van der Waals surface area contributed by atoms with E-state index in [2.05, 4.69) is 5.32 Å². The van der Waals surface area contributed by atoms with Crippen molar-refractivity contribution in [1.82, 2.24) is 0 Å². The second-order valence-corrected chi connectivity index (χ2v) is 6.65. The molecule has 0 aliphatic heterocycles. The lowest BCUT2D eigenvalue weighted by molar-refractivity contribution is -0.145. The van der Waals surface area contributed by atoms with Gasteiger partial charge in [0, 0.05) is 10.7 Å². The lowest BCUT2D eigenvalue weighted by Crippen LogP contribution is -2.16. The van der Waals surface area contributed by atoms with E-state index in [4.69, 9.17) is 16.3 Å². The molecule has 2 aromatic rings. The Morgan fingerprint density at radius 3 is 2.40 bits per heavy atom. The summed E-state index contributed by atoms with van der Waals surface area (Å²) in [7, 11) is 0. The quantitative estimate of drug-likeness (QED) is 0.719. The molecule has 0 saturated heterocycles. The molecule has 0 spiro atoms. The van der Waals surface area contributed by atoms with E-state index in [0.29, 0.717) is 16.3 Å². The Labute approximate surface area is 154 Å². The molecule has 7 heteroatoms. The lowest BCUT2D eigenvalue weighted by Gasteiger charge is -2.13. The molecule has 25 heavy (non-hydrogen) atoms. The first-order valence-electron chi connectivity index (χ1n) is 7.52. The Morgan fingerprint density at radius 1 is 1.12 bits per heavy atom. The van der Waals surface area contributed by atoms with Gasteiger partial charge in [0.05, 0.1) is 11.5 Å². The molecule has 0 radical (unpaired) electrons. The summed E-state index contributed by atoms with van der Waals surface area (Å²) in [5.74, 6) is -0.806. The number of benzene rings is 2. The van der Waals surface area contributed by atoms with Crippen LogP contribution in [0.4, 0.5) is 10.1 Å². The number of thioether (sulfide) groups is 1. The van der Waals surface area contributed by atoms with Crippen molar-refractivity contribution in [3.05, 3.63) is 64.9 Å². The Hall–Kier alpha value is -2.05. The summed E-state index contributed by atoms with van der Waals surface area (Å²) in [5.41, 5.74) is 1.35. The molecular weight excluding hydrogens is 365 g/mol. The fourth-order valence-electron chi connectivity index (χ4n) is 1.99. The summed E-state index contributed by atoms with van der Waals surface area (Å²) in [4.78, 5) is 23.6. The molecule has 0 aromatic heterocycles. The second kappa shape index (κ2) is 9.44. The average molecular weight is 382 g/mol. The van der Waals surface area contributed by atoms with Crippen LogP contribution in [0.1, 0.15) is 18.6 Å². The Balaban J connectivity index is 1.70. The zero-order chi connectivity index (χ0) is 18.2. The van der Waals surface area contributed by atoms with Crippen LogP contribution in [-0.2, 0) is 14.3 Å². The van der Waals surface area contributed by atoms with Gasteiger partial charge in [0.1, 0.15) is 11.9 Å². The van der Waals surface area contributed by atoms with Gasteiger partial charge in [-0.1, -0.05) is 23.7 Å². The van der Waals surface area contributed by atoms with Crippen LogP contribution in [0.25, 0.3) is 0 Å². The van der Waals surface area contributed by atoms with E-state index in [1.807, 2.05) is 0 Å². The van der Waals surface area contributed by atoms with Crippen LogP contribution < -0.4 is 5.32 Å². The summed E-state index contributed by atoms with van der Waals surface area (Å²) in [6.07, 6.45) is -0.475. The van der Waals surface area contributed by atoms with Crippen molar-refractivity contribution in [2.45, 2.75) is 13.0 Å². The number of hydrogen-bond acceptors (Lipinski definition) is 4.